The molecule has 0 aliphatic heterocycles. The molecule has 2 N–H and O–H groups in total. The van der Waals surface area contributed by atoms with Crippen LogP contribution in [0.15, 0.2) is 0 Å². The molecule has 0 aromatic heterocycles. The first-order valence-electron chi connectivity index (χ1n) is 6.24. The van der Waals surface area contributed by atoms with E-state index < -0.39 is 0 Å². The van der Waals surface area contributed by atoms with Crippen LogP contribution in [0.3, 0.4) is 0 Å². The number of hydrogen-bond acceptors (Lipinski definition) is 2. The molecule has 1 atom stereocenters. The molecule has 1 aliphatic rings. The number of thiocarbonyl (C=S) groups is 1. The van der Waals surface area contributed by atoms with Gasteiger partial charge in [-0.05, 0) is 44.9 Å². The van der Waals surface area contributed by atoms with Gasteiger partial charge in [0, 0.05) is 25.2 Å². The fraction of sp³-hybridized carbons (Fsp3) is 0.917. The standard InChI is InChI=1S/C12H25N3S/c1-9(2)7-13-12(16)14-8-10(3)15(4)11-5-6-11/h9-11H,5-8H2,1-4H3,(H2,13,14,16). The molecule has 4 heteroatoms. The second-order valence-corrected chi connectivity index (χ2v) is 5.64. The van der Waals surface area contributed by atoms with Gasteiger partial charge in [-0.2, -0.15) is 0 Å². The number of nitrogens with one attached hydrogen (secondary N) is 2. The molecule has 0 aromatic rings. The highest BCUT2D eigenvalue weighted by Crippen LogP contribution is 2.26. The molecule has 1 rings (SSSR count). The van der Waals surface area contributed by atoms with Crippen LogP contribution in [0.1, 0.15) is 33.6 Å². The van der Waals surface area contributed by atoms with Crippen molar-refractivity contribution in [3.8, 4) is 0 Å². The molecule has 1 aliphatic carbocycles. The molecule has 0 spiro atoms. The predicted octanol–water partition coefficient (Wildman–Crippen LogP) is 1.59. The van der Waals surface area contributed by atoms with E-state index in [1.54, 1.807) is 0 Å². The number of rotatable bonds is 6. The highest BCUT2D eigenvalue weighted by Gasteiger charge is 2.28. The smallest absolute Gasteiger partial charge is 0.166 e. The monoisotopic (exact) mass is 243 g/mol. The zero-order valence-electron chi connectivity index (χ0n) is 10.9. The van der Waals surface area contributed by atoms with Crippen molar-refractivity contribution < 1.29 is 0 Å². The van der Waals surface area contributed by atoms with Crippen LogP contribution in [-0.4, -0.2) is 42.2 Å². The largest absolute Gasteiger partial charge is 0.362 e. The Bertz CT molecular complexity index is 226. The molecule has 1 saturated carbocycles. The van der Waals surface area contributed by atoms with Crippen LogP contribution in [0, 0.1) is 5.92 Å². The van der Waals surface area contributed by atoms with E-state index in [0.29, 0.717) is 12.0 Å². The Kier molecular flexibility index (Phi) is 5.49. The first kappa shape index (κ1) is 13.7. The van der Waals surface area contributed by atoms with Crippen molar-refractivity contribution in [3.63, 3.8) is 0 Å². The average Bonchev–Trinajstić information content (AvgIpc) is 3.05. The summed E-state index contributed by atoms with van der Waals surface area (Å²) in [5.41, 5.74) is 0. The lowest BCUT2D eigenvalue weighted by Gasteiger charge is -2.25. The normalized spacial score (nSPS) is 17.6. The highest BCUT2D eigenvalue weighted by molar-refractivity contribution is 7.80. The maximum atomic E-state index is 5.22. The van der Waals surface area contributed by atoms with Crippen LogP contribution < -0.4 is 10.6 Å². The summed E-state index contributed by atoms with van der Waals surface area (Å²) in [6, 6.07) is 1.36. The van der Waals surface area contributed by atoms with Crippen molar-refractivity contribution in [1.82, 2.24) is 15.5 Å². The minimum atomic E-state index is 0.548. The van der Waals surface area contributed by atoms with Crippen molar-refractivity contribution in [2.24, 2.45) is 5.92 Å². The molecule has 1 fully saturated rings. The van der Waals surface area contributed by atoms with Crippen molar-refractivity contribution in [2.45, 2.75) is 45.7 Å². The lowest BCUT2D eigenvalue weighted by molar-refractivity contribution is 0.248. The van der Waals surface area contributed by atoms with Crippen LogP contribution in [0.5, 0.6) is 0 Å². The molecule has 0 amide bonds. The lowest BCUT2D eigenvalue weighted by atomic mass is 10.2. The second-order valence-electron chi connectivity index (χ2n) is 5.23. The van der Waals surface area contributed by atoms with Gasteiger partial charge in [0.25, 0.3) is 0 Å². The summed E-state index contributed by atoms with van der Waals surface area (Å²) >= 11 is 5.22. The summed E-state index contributed by atoms with van der Waals surface area (Å²) in [6.07, 6.45) is 2.72. The summed E-state index contributed by atoms with van der Waals surface area (Å²) in [7, 11) is 2.20. The first-order chi connectivity index (χ1) is 7.50. The molecule has 0 bridgehead atoms. The van der Waals surface area contributed by atoms with Gasteiger partial charge in [-0.3, -0.25) is 4.90 Å². The number of hydrogen-bond donors (Lipinski definition) is 2. The Balaban J connectivity index is 2.10. The van der Waals surface area contributed by atoms with Gasteiger partial charge in [0.15, 0.2) is 5.11 Å². The summed E-state index contributed by atoms with van der Waals surface area (Å²) in [4.78, 5) is 2.44. The molecule has 0 saturated heterocycles. The van der Waals surface area contributed by atoms with E-state index in [-0.39, 0.29) is 0 Å². The van der Waals surface area contributed by atoms with Crippen molar-refractivity contribution in [3.05, 3.63) is 0 Å². The van der Waals surface area contributed by atoms with Crippen molar-refractivity contribution in [1.29, 1.82) is 0 Å². The highest BCUT2D eigenvalue weighted by atomic mass is 32.1. The number of nitrogens with zero attached hydrogens (tertiary/aromatic N) is 1. The van der Waals surface area contributed by atoms with Gasteiger partial charge in [0.05, 0.1) is 0 Å². The van der Waals surface area contributed by atoms with Gasteiger partial charge >= 0.3 is 0 Å². The quantitative estimate of drug-likeness (QED) is 0.693. The maximum absolute atomic E-state index is 5.22. The Hall–Kier alpha value is -0.350. The molecular weight excluding hydrogens is 218 g/mol. The van der Waals surface area contributed by atoms with Crippen LogP contribution >= 0.6 is 12.2 Å². The molecule has 16 heavy (non-hydrogen) atoms. The molecule has 3 nitrogen and oxygen atoms in total. The molecule has 0 aromatic carbocycles. The van der Waals surface area contributed by atoms with Gasteiger partial charge in [-0.1, -0.05) is 13.8 Å². The van der Waals surface area contributed by atoms with Gasteiger partial charge in [-0.15, -0.1) is 0 Å². The predicted molar refractivity (Wildman–Crippen MR) is 73.7 cm³/mol. The fourth-order valence-corrected chi connectivity index (χ4v) is 1.75. The zero-order valence-corrected chi connectivity index (χ0v) is 11.7. The summed E-state index contributed by atoms with van der Waals surface area (Å²) in [5.74, 6) is 0.631. The lowest BCUT2D eigenvalue weighted by Crippen LogP contribution is -2.45. The molecule has 1 unspecified atom stereocenters. The second kappa shape index (κ2) is 6.40. The SMILES string of the molecule is CC(C)CNC(=S)NCC(C)N(C)C1CC1. The van der Waals surface area contributed by atoms with Crippen molar-refractivity contribution in [2.75, 3.05) is 20.1 Å². The molecular formula is C12H25N3S. The van der Waals surface area contributed by atoms with E-state index >= 15 is 0 Å². The maximum Gasteiger partial charge on any atom is 0.166 e. The van der Waals surface area contributed by atoms with Crippen molar-refractivity contribution >= 4 is 17.3 Å². The Morgan fingerprint density at radius 2 is 1.81 bits per heavy atom. The van der Waals surface area contributed by atoms with Crippen LogP contribution in [-0.2, 0) is 0 Å². The van der Waals surface area contributed by atoms with Crippen LogP contribution in [0.25, 0.3) is 0 Å². The third-order valence-electron chi connectivity index (χ3n) is 3.05. The van der Waals surface area contributed by atoms with Crippen LogP contribution in [0.2, 0.25) is 0 Å². The van der Waals surface area contributed by atoms with Gasteiger partial charge in [0.2, 0.25) is 0 Å². The number of likely N-dealkylation sites (N-methyl/N-ethyl adjacent to an activating group) is 1. The molecule has 0 radical (unpaired) electrons. The van der Waals surface area contributed by atoms with E-state index in [1.165, 1.54) is 12.8 Å². The fourth-order valence-electron chi connectivity index (χ4n) is 1.59. The van der Waals surface area contributed by atoms with Crippen LogP contribution in [0.4, 0.5) is 0 Å². The van der Waals surface area contributed by atoms with E-state index in [2.05, 4.69) is 43.4 Å². The van der Waals surface area contributed by atoms with Gasteiger partial charge in [-0.25, -0.2) is 0 Å². The molecule has 0 heterocycles. The van der Waals surface area contributed by atoms with E-state index in [4.69, 9.17) is 12.2 Å². The van der Waals surface area contributed by atoms with E-state index in [1.807, 2.05) is 0 Å². The van der Waals surface area contributed by atoms with E-state index in [0.717, 1.165) is 24.2 Å². The summed E-state index contributed by atoms with van der Waals surface area (Å²) in [5, 5.41) is 7.29. The minimum absolute atomic E-state index is 0.548. The average molecular weight is 243 g/mol. The topological polar surface area (TPSA) is 27.3 Å². The molecule has 94 valence electrons. The summed E-state index contributed by atoms with van der Waals surface area (Å²) in [6.45, 7) is 8.48. The third-order valence-corrected chi connectivity index (χ3v) is 3.34. The minimum Gasteiger partial charge on any atom is -0.362 e. The van der Waals surface area contributed by atoms with E-state index in [9.17, 15) is 0 Å². The Morgan fingerprint density at radius 1 is 1.25 bits per heavy atom. The third kappa shape index (κ3) is 5.12. The Labute approximate surface area is 105 Å². The zero-order chi connectivity index (χ0) is 12.1. The van der Waals surface area contributed by atoms with Gasteiger partial charge in [0.1, 0.15) is 0 Å². The van der Waals surface area contributed by atoms with Gasteiger partial charge < -0.3 is 10.6 Å². The first-order valence-corrected chi connectivity index (χ1v) is 6.65. The summed E-state index contributed by atoms with van der Waals surface area (Å²) < 4.78 is 0. The Morgan fingerprint density at radius 3 is 2.31 bits per heavy atom.